The van der Waals surface area contributed by atoms with E-state index in [9.17, 15) is 4.79 Å². The minimum absolute atomic E-state index is 0. The van der Waals surface area contributed by atoms with Gasteiger partial charge in [0.25, 0.3) is 0 Å². The third kappa shape index (κ3) is 3.74. The predicted octanol–water partition coefficient (Wildman–Crippen LogP) is 2.80. The van der Waals surface area contributed by atoms with Crippen molar-refractivity contribution in [3.05, 3.63) is 29.8 Å². The number of fused-ring (bicyclic) bond motifs is 1. The summed E-state index contributed by atoms with van der Waals surface area (Å²) in [5.74, 6) is 1.09. The molecular weight excluding hydrogens is 304 g/mol. The molecule has 2 heterocycles. The molecule has 3 rings (SSSR count). The van der Waals surface area contributed by atoms with Gasteiger partial charge in [0.05, 0.1) is 5.92 Å². The first-order valence-corrected chi connectivity index (χ1v) is 8.37. The standard InChI is InChI=1S/C16H22N2OS.ClH/c1-16(7-4-8-17-10-16)11-18-15(19)13-9-20-14-6-3-2-5-12(13)14;/h2-3,5-6,13,17H,4,7-11H2,1H3,(H,18,19);1H. The number of carbonyl (C=O) groups excluding carboxylic acids is 1. The highest BCUT2D eigenvalue weighted by molar-refractivity contribution is 7.99. The molecule has 2 aliphatic rings. The fraction of sp³-hybridized carbons (Fsp3) is 0.562. The highest BCUT2D eigenvalue weighted by atomic mass is 35.5. The fourth-order valence-corrected chi connectivity index (χ4v) is 4.30. The Morgan fingerprint density at radius 1 is 1.48 bits per heavy atom. The van der Waals surface area contributed by atoms with Crippen molar-refractivity contribution in [1.29, 1.82) is 0 Å². The van der Waals surface area contributed by atoms with Crippen LogP contribution in [0.5, 0.6) is 0 Å². The van der Waals surface area contributed by atoms with E-state index in [1.54, 1.807) is 11.8 Å². The molecule has 0 aliphatic carbocycles. The summed E-state index contributed by atoms with van der Waals surface area (Å²) in [6, 6.07) is 8.27. The van der Waals surface area contributed by atoms with Crippen molar-refractivity contribution in [1.82, 2.24) is 10.6 Å². The first-order chi connectivity index (χ1) is 9.68. The summed E-state index contributed by atoms with van der Waals surface area (Å²) in [5, 5.41) is 6.61. The van der Waals surface area contributed by atoms with Gasteiger partial charge in [-0.15, -0.1) is 24.2 Å². The molecule has 0 saturated carbocycles. The largest absolute Gasteiger partial charge is 0.355 e. The Kier molecular flexibility index (Phi) is 5.58. The van der Waals surface area contributed by atoms with Crippen LogP contribution in [-0.2, 0) is 4.79 Å². The van der Waals surface area contributed by atoms with Crippen molar-refractivity contribution in [3.8, 4) is 0 Å². The van der Waals surface area contributed by atoms with Crippen molar-refractivity contribution >= 4 is 30.1 Å². The lowest BCUT2D eigenvalue weighted by atomic mass is 9.82. The molecule has 2 N–H and O–H groups in total. The quantitative estimate of drug-likeness (QED) is 0.897. The van der Waals surface area contributed by atoms with E-state index in [-0.39, 0.29) is 29.6 Å². The molecule has 1 saturated heterocycles. The Balaban J connectivity index is 0.00000161. The molecule has 116 valence electrons. The number of amides is 1. The molecule has 1 fully saturated rings. The van der Waals surface area contributed by atoms with Gasteiger partial charge in [0.2, 0.25) is 5.91 Å². The van der Waals surface area contributed by atoms with E-state index in [4.69, 9.17) is 0 Å². The molecule has 21 heavy (non-hydrogen) atoms. The zero-order valence-corrected chi connectivity index (χ0v) is 14.0. The van der Waals surface area contributed by atoms with Gasteiger partial charge in [-0.25, -0.2) is 0 Å². The van der Waals surface area contributed by atoms with Gasteiger partial charge in [-0.1, -0.05) is 25.1 Å². The summed E-state index contributed by atoms with van der Waals surface area (Å²) in [6.07, 6.45) is 2.39. The van der Waals surface area contributed by atoms with Crippen LogP contribution in [0, 0.1) is 5.41 Å². The van der Waals surface area contributed by atoms with E-state index in [0.717, 1.165) is 25.4 Å². The molecular formula is C16H23ClN2OS. The average Bonchev–Trinajstić information content (AvgIpc) is 2.90. The van der Waals surface area contributed by atoms with E-state index in [2.05, 4.69) is 29.7 Å². The van der Waals surface area contributed by atoms with Gasteiger partial charge in [-0.2, -0.15) is 0 Å². The Hall–Kier alpha value is -0.710. The molecule has 1 aromatic carbocycles. The lowest BCUT2D eigenvalue weighted by Crippen LogP contribution is -2.46. The Morgan fingerprint density at radius 2 is 2.29 bits per heavy atom. The number of halogens is 1. The molecule has 2 unspecified atom stereocenters. The van der Waals surface area contributed by atoms with Gasteiger partial charge in [0.1, 0.15) is 0 Å². The van der Waals surface area contributed by atoms with Crippen LogP contribution in [0.15, 0.2) is 29.2 Å². The van der Waals surface area contributed by atoms with Crippen LogP contribution in [0.3, 0.4) is 0 Å². The predicted molar refractivity (Wildman–Crippen MR) is 90.4 cm³/mol. The van der Waals surface area contributed by atoms with Crippen molar-refractivity contribution < 1.29 is 4.79 Å². The van der Waals surface area contributed by atoms with Crippen LogP contribution in [0.2, 0.25) is 0 Å². The second-order valence-corrected chi connectivity index (χ2v) is 7.27. The average molecular weight is 327 g/mol. The maximum absolute atomic E-state index is 12.4. The fourth-order valence-electron chi connectivity index (χ4n) is 3.07. The van der Waals surface area contributed by atoms with E-state index in [0.29, 0.717) is 0 Å². The second kappa shape index (κ2) is 7.03. The maximum atomic E-state index is 12.4. The van der Waals surface area contributed by atoms with E-state index >= 15 is 0 Å². The molecule has 5 heteroatoms. The first kappa shape index (κ1) is 16.7. The summed E-state index contributed by atoms with van der Waals surface area (Å²) >= 11 is 1.79. The van der Waals surface area contributed by atoms with Crippen molar-refractivity contribution in [3.63, 3.8) is 0 Å². The molecule has 0 aromatic heterocycles. The molecule has 1 aromatic rings. The van der Waals surface area contributed by atoms with Crippen LogP contribution >= 0.6 is 24.2 Å². The van der Waals surface area contributed by atoms with Gasteiger partial charge in [-0.05, 0) is 36.4 Å². The normalized spacial score (nSPS) is 27.6. The number of thioether (sulfide) groups is 1. The van der Waals surface area contributed by atoms with Gasteiger partial charge in [0.15, 0.2) is 0 Å². The van der Waals surface area contributed by atoms with Crippen LogP contribution in [0.25, 0.3) is 0 Å². The van der Waals surface area contributed by atoms with Crippen molar-refractivity contribution in [2.45, 2.75) is 30.6 Å². The smallest absolute Gasteiger partial charge is 0.228 e. The number of nitrogens with one attached hydrogen (secondary N) is 2. The number of carbonyl (C=O) groups is 1. The minimum atomic E-state index is 0. The molecule has 1 amide bonds. The minimum Gasteiger partial charge on any atom is -0.355 e. The number of hydrogen-bond donors (Lipinski definition) is 2. The zero-order chi connectivity index (χ0) is 14.0. The number of rotatable bonds is 3. The van der Waals surface area contributed by atoms with Gasteiger partial charge >= 0.3 is 0 Å². The first-order valence-electron chi connectivity index (χ1n) is 7.38. The Morgan fingerprint density at radius 3 is 3.05 bits per heavy atom. The van der Waals surface area contributed by atoms with E-state index in [1.807, 2.05) is 12.1 Å². The van der Waals surface area contributed by atoms with Gasteiger partial charge < -0.3 is 10.6 Å². The third-order valence-corrected chi connectivity index (χ3v) is 5.57. The summed E-state index contributed by atoms with van der Waals surface area (Å²) in [7, 11) is 0. The number of benzene rings is 1. The van der Waals surface area contributed by atoms with Crippen LogP contribution in [-0.4, -0.2) is 31.3 Å². The molecule has 0 radical (unpaired) electrons. The SMILES string of the molecule is CC1(CNC(=O)C2CSc3ccccc32)CCCNC1.Cl. The molecule has 0 spiro atoms. The summed E-state index contributed by atoms with van der Waals surface area (Å²) < 4.78 is 0. The van der Waals surface area contributed by atoms with Crippen LogP contribution < -0.4 is 10.6 Å². The lowest BCUT2D eigenvalue weighted by Gasteiger charge is -2.34. The topological polar surface area (TPSA) is 41.1 Å². The van der Waals surface area contributed by atoms with Crippen molar-refractivity contribution in [2.75, 3.05) is 25.4 Å². The monoisotopic (exact) mass is 326 g/mol. The number of piperidine rings is 1. The lowest BCUT2D eigenvalue weighted by molar-refractivity contribution is -0.122. The zero-order valence-electron chi connectivity index (χ0n) is 12.4. The second-order valence-electron chi connectivity index (χ2n) is 6.21. The Labute approximate surface area is 137 Å². The number of hydrogen-bond acceptors (Lipinski definition) is 3. The van der Waals surface area contributed by atoms with Gasteiger partial charge in [-0.3, -0.25) is 4.79 Å². The molecule has 2 atom stereocenters. The summed E-state index contributed by atoms with van der Waals surface area (Å²) in [6.45, 7) is 5.15. The molecule has 3 nitrogen and oxygen atoms in total. The summed E-state index contributed by atoms with van der Waals surface area (Å²) in [4.78, 5) is 13.7. The third-order valence-electron chi connectivity index (χ3n) is 4.39. The maximum Gasteiger partial charge on any atom is 0.228 e. The van der Waals surface area contributed by atoms with Gasteiger partial charge in [0, 0.05) is 23.7 Å². The Bertz CT molecular complexity index is 503. The van der Waals surface area contributed by atoms with Crippen LogP contribution in [0.4, 0.5) is 0 Å². The van der Waals surface area contributed by atoms with Crippen LogP contribution in [0.1, 0.15) is 31.2 Å². The van der Waals surface area contributed by atoms with E-state index < -0.39 is 0 Å². The summed E-state index contributed by atoms with van der Waals surface area (Å²) in [5.41, 5.74) is 1.40. The highest BCUT2D eigenvalue weighted by Gasteiger charge is 2.31. The highest BCUT2D eigenvalue weighted by Crippen LogP contribution is 2.39. The van der Waals surface area contributed by atoms with E-state index in [1.165, 1.54) is 23.3 Å². The molecule has 0 bridgehead atoms. The molecule has 2 aliphatic heterocycles. The van der Waals surface area contributed by atoms with Crippen molar-refractivity contribution in [2.24, 2.45) is 5.41 Å².